The average molecular weight is 637 g/mol. The summed E-state index contributed by atoms with van der Waals surface area (Å²) in [6, 6.07) is 10.6. The maximum absolute atomic E-state index is 13.6. The van der Waals surface area contributed by atoms with Crippen molar-refractivity contribution in [2.45, 2.75) is 0 Å². The summed E-state index contributed by atoms with van der Waals surface area (Å²) in [7, 11) is 0. The number of halogens is 5. The highest BCUT2D eigenvalue weighted by Gasteiger charge is 2.16. The van der Waals surface area contributed by atoms with Gasteiger partial charge in [0.2, 0.25) is 5.89 Å². The molecule has 0 atom stereocenters. The minimum Gasteiger partial charge on any atom is -0.506 e. The van der Waals surface area contributed by atoms with E-state index in [1.165, 1.54) is 0 Å². The molecule has 4 rings (SSSR count). The van der Waals surface area contributed by atoms with Crippen molar-refractivity contribution in [3.8, 4) is 17.2 Å². The molecule has 1 aromatic heterocycles. The predicted octanol–water partition coefficient (Wildman–Crippen LogP) is 7.09. The molecule has 0 aliphatic carbocycles. The predicted molar refractivity (Wildman–Crippen MR) is 125 cm³/mol. The van der Waals surface area contributed by atoms with Crippen molar-refractivity contribution in [3.05, 3.63) is 71.8 Å². The molecule has 0 saturated heterocycles. The number of aromatic hydroxyl groups is 1. The molecule has 3 aromatic carbocycles. The van der Waals surface area contributed by atoms with Crippen molar-refractivity contribution in [2.24, 2.45) is 4.99 Å². The van der Waals surface area contributed by atoms with Crippen molar-refractivity contribution >= 4 is 79.8 Å². The first kappa shape index (κ1) is 20.5. The number of benzene rings is 3. The Labute approximate surface area is 195 Å². The van der Waals surface area contributed by atoms with Gasteiger partial charge in [-0.05, 0) is 87.6 Å². The van der Waals surface area contributed by atoms with Gasteiger partial charge < -0.3 is 9.52 Å². The Morgan fingerprint density at radius 2 is 1.83 bits per heavy atom. The normalized spacial score (nSPS) is 11.6. The van der Waals surface area contributed by atoms with Gasteiger partial charge in [0.05, 0.1) is 19.8 Å². The molecule has 9 heteroatoms. The summed E-state index contributed by atoms with van der Waals surface area (Å²) in [6.45, 7) is 0. The molecule has 0 spiro atoms. The largest absolute Gasteiger partial charge is 0.506 e. The van der Waals surface area contributed by atoms with Crippen LogP contribution in [-0.4, -0.2) is 16.3 Å². The Morgan fingerprint density at radius 1 is 1.07 bits per heavy atom. The van der Waals surface area contributed by atoms with Crippen LogP contribution in [0.4, 0.5) is 14.5 Å². The maximum atomic E-state index is 13.6. The Hall–Kier alpha value is -1.79. The van der Waals surface area contributed by atoms with Crippen LogP contribution in [0.2, 0.25) is 5.02 Å². The van der Waals surface area contributed by atoms with Gasteiger partial charge in [0, 0.05) is 15.3 Å². The van der Waals surface area contributed by atoms with Gasteiger partial charge in [-0.25, -0.2) is 13.8 Å². The van der Waals surface area contributed by atoms with E-state index in [9.17, 15) is 13.9 Å². The molecule has 0 bridgehead atoms. The molecule has 0 aliphatic heterocycles. The van der Waals surface area contributed by atoms with E-state index >= 15 is 0 Å². The summed E-state index contributed by atoms with van der Waals surface area (Å²) in [5, 5.41) is 10.2. The highest BCUT2D eigenvalue weighted by molar-refractivity contribution is 14.1. The third kappa shape index (κ3) is 4.24. The smallest absolute Gasteiger partial charge is 0.228 e. The van der Waals surface area contributed by atoms with Crippen molar-refractivity contribution in [1.82, 2.24) is 4.98 Å². The minimum atomic E-state index is -1.04. The van der Waals surface area contributed by atoms with Crippen molar-refractivity contribution in [1.29, 1.82) is 0 Å². The van der Waals surface area contributed by atoms with Crippen molar-refractivity contribution < 1.29 is 18.3 Å². The molecule has 146 valence electrons. The summed E-state index contributed by atoms with van der Waals surface area (Å²) >= 11 is 10.2. The topological polar surface area (TPSA) is 58.6 Å². The number of aliphatic imine (C=N–C) groups is 1. The van der Waals surface area contributed by atoms with Gasteiger partial charge in [-0.1, -0.05) is 11.6 Å². The van der Waals surface area contributed by atoms with Crippen LogP contribution in [-0.2, 0) is 0 Å². The number of oxazole rings is 1. The number of nitrogens with zero attached hydrogens (tertiary/aromatic N) is 2. The number of phenolic OH excluding ortho intramolecular Hbond substituents is 1. The van der Waals surface area contributed by atoms with Crippen molar-refractivity contribution in [2.75, 3.05) is 0 Å². The third-order valence-corrected chi connectivity index (χ3v) is 5.78. The lowest BCUT2D eigenvalue weighted by Gasteiger charge is -2.02. The summed E-state index contributed by atoms with van der Waals surface area (Å²) in [6.07, 6.45) is 1.56. The molecular formula is C20H9ClF2I2N2O2. The molecule has 4 nitrogen and oxygen atoms in total. The SMILES string of the molecule is Oc1c(I)cc(I)cc1C=Nc1ccc2oc(-c3cc(F)c(F)cc3Cl)nc2c1. The van der Waals surface area contributed by atoms with E-state index in [2.05, 4.69) is 55.2 Å². The van der Waals surface area contributed by atoms with Crippen LogP contribution in [0.5, 0.6) is 5.75 Å². The second-order valence-electron chi connectivity index (χ2n) is 6.00. The molecule has 0 fully saturated rings. The molecule has 0 saturated carbocycles. The fourth-order valence-electron chi connectivity index (χ4n) is 2.63. The van der Waals surface area contributed by atoms with E-state index < -0.39 is 11.6 Å². The minimum absolute atomic E-state index is 0.00235. The van der Waals surface area contributed by atoms with Gasteiger partial charge in [0.1, 0.15) is 11.3 Å². The number of hydrogen-bond donors (Lipinski definition) is 1. The van der Waals surface area contributed by atoms with E-state index in [0.717, 1.165) is 19.3 Å². The van der Waals surface area contributed by atoms with E-state index in [0.29, 0.717) is 22.4 Å². The molecule has 1 heterocycles. The number of fused-ring (bicyclic) bond motifs is 1. The zero-order valence-electron chi connectivity index (χ0n) is 14.3. The monoisotopic (exact) mass is 636 g/mol. The van der Waals surface area contributed by atoms with Gasteiger partial charge in [-0.15, -0.1) is 0 Å². The van der Waals surface area contributed by atoms with E-state index in [1.54, 1.807) is 24.4 Å². The fraction of sp³-hybridized carbons (Fsp3) is 0. The number of aromatic nitrogens is 1. The van der Waals surface area contributed by atoms with Crippen LogP contribution in [0.3, 0.4) is 0 Å². The molecule has 1 N–H and O–H groups in total. The highest BCUT2D eigenvalue weighted by atomic mass is 127. The number of rotatable bonds is 3. The van der Waals surface area contributed by atoms with Crippen LogP contribution < -0.4 is 0 Å². The van der Waals surface area contributed by atoms with Gasteiger partial charge in [-0.2, -0.15) is 0 Å². The lowest BCUT2D eigenvalue weighted by molar-refractivity contribution is 0.470. The molecule has 29 heavy (non-hydrogen) atoms. The van der Waals surface area contributed by atoms with Crippen LogP contribution in [0, 0.1) is 18.8 Å². The first-order valence-electron chi connectivity index (χ1n) is 8.09. The molecule has 0 unspecified atom stereocenters. The first-order chi connectivity index (χ1) is 13.8. The summed E-state index contributed by atoms with van der Waals surface area (Å²) in [5.74, 6) is -1.84. The van der Waals surface area contributed by atoms with Gasteiger partial charge in [0.25, 0.3) is 0 Å². The lowest BCUT2D eigenvalue weighted by Crippen LogP contribution is -1.87. The molecule has 0 amide bonds. The van der Waals surface area contributed by atoms with E-state index in [-0.39, 0.29) is 22.2 Å². The fourth-order valence-corrected chi connectivity index (χ4v) is 4.75. The molecule has 0 aliphatic rings. The Balaban J connectivity index is 1.70. The van der Waals surface area contributed by atoms with Crippen molar-refractivity contribution in [3.63, 3.8) is 0 Å². The second kappa shape index (κ2) is 8.15. The lowest BCUT2D eigenvalue weighted by atomic mass is 10.2. The Bertz CT molecular complexity index is 1290. The van der Waals surface area contributed by atoms with Crippen LogP contribution >= 0.6 is 56.8 Å². The standard InChI is InChI=1S/C20H9ClF2I2N2O2/c21-13-7-15(23)14(22)6-12(13)20-27-17-5-11(1-2-18(17)29-20)26-8-9-3-10(24)4-16(25)19(9)28/h1-8,28H. The zero-order valence-corrected chi connectivity index (χ0v) is 19.3. The summed E-state index contributed by atoms with van der Waals surface area (Å²) in [5.41, 5.74) is 2.27. The molecular weight excluding hydrogens is 627 g/mol. The van der Waals surface area contributed by atoms with Gasteiger partial charge in [0.15, 0.2) is 17.2 Å². The quantitative estimate of drug-likeness (QED) is 0.149. The van der Waals surface area contributed by atoms with E-state index in [4.69, 9.17) is 16.0 Å². The zero-order chi connectivity index (χ0) is 20.7. The van der Waals surface area contributed by atoms with E-state index in [1.807, 2.05) is 12.1 Å². The van der Waals surface area contributed by atoms with Gasteiger partial charge in [-0.3, -0.25) is 4.99 Å². The summed E-state index contributed by atoms with van der Waals surface area (Å²) < 4.78 is 34.2. The molecule has 4 aromatic rings. The first-order valence-corrected chi connectivity index (χ1v) is 10.6. The summed E-state index contributed by atoms with van der Waals surface area (Å²) in [4.78, 5) is 8.70. The van der Waals surface area contributed by atoms with Crippen LogP contribution in [0.1, 0.15) is 5.56 Å². The number of phenols is 1. The number of hydrogen-bond acceptors (Lipinski definition) is 4. The van der Waals surface area contributed by atoms with Crippen LogP contribution in [0.15, 0.2) is 51.9 Å². The molecule has 0 radical (unpaired) electrons. The Kier molecular flexibility index (Phi) is 5.76. The average Bonchev–Trinajstić information content (AvgIpc) is 3.09. The second-order valence-corrected chi connectivity index (χ2v) is 8.82. The third-order valence-electron chi connectivity index (χ3n) is 4.02. The van der Waals surface area contributed by atoms with Gasteiger partial charge >= 0.3 is 0 Å². The maximum Gasteiger partial charge on any atom is 0.228 e. The van der Waals surface area contributed by atoms with Crippen LogP contribution in [0.25, 0.3) is 22.6 Å². The Morgan fingerprint density at radius 3 is 2.62 bits per heavy atom. The highest BCUT2D eigenvalue weighted by Crippen LogP contribution is 2.33.